The summed E-state index contributed by atoms with van der Waals surface area (Å²) in [6.07, 6.45) is 0.787. The molecule has 0 aliphatic heterocycles. The molecule has 0 aromatic heterocycles. The predicted molar refractivity (Wildman–Crippen MR) is 89.7 cm³/mol. The minimum atomic E-state index is -1.13. The Kier molecular flexibility index (Phi) is 8.17. The first-order chi connectivity index (χ1) is 11.3. The van der Waals surface area contributed by atoms with Crippen molar-refractivity contribution in [1.29, 1.82) is 0 Å². The van der Waals surface area contributed by atoms with Crippen molar-refractivity contribution in [2.45, 2.75) is 32.7 Å². The van der Waals surface area contributed by atoms with Gasteiger partial charge in [-0.15, -0.1) is 0 Å². The van der Waals surface area contributed by atoms with Crippen molar-refractivity contribution >= 4 is 33.7 Å². The summed E-state index contributed by atoms with van der Waals surface area (Å²) in [7, 11) is 0. The first-order valence-electron chi connectivity index (χ1n) is 7.35. The Morgan fingerprint density at radius 1 is 1.33 bits per heavy atom. The standard InChI is InChI=1S/C15H19BrN2O6/c1-11(19)24-8-4-2-3-7-17(15(20)21)10-12-5-6-13(16)9-14(12)18(22)23/h5-6,9H,2-4,7-8,10H2,1H3,(H,20,21). The molecule has 0 atom stereocenters. The lowest BCUT2D eigenvalue weighted by atomic mass is 10.1. The number of rotatable bonds is 9. The molecule has 0 bridgehead atoms. The van der Waals surface area contributed by atoms with E-state index >= 15 is 0 Å². The molecular weight excluding hydrogens is 384 g/mol. The summed E-state index contributed by atoms with van der Waals surface area (Å²) in [6.45, 7) is 1.84. The van der Waals surface area contributed by atoms with Gasteiger partial charge in [-0.1, -0.05) is 15.9 Å². The number of esters is 1. The summed E-state index contributed by atoms with van der Waals surface area (Å²) in [6, 6.07) is 4.54. The number of unbranched alkanes of at least 4 members (excludes halogenated alkanes) is 2. The number of amides is 1. The largest absolute Gasteiger partial charge is 0.466 e. The van der Waals surface area contributed by atoms with Crippen LogP contribution >= 0.6 is 15.9 Å². The van der Waals surface area contributed by atoms with Gasteiger partial charge in [0.25, 0.3) is 5.69 Å². The van der Waals surface area contributed by atoms with Gasteiger partial charge in [0.1, 0.15) is 0 Å². The number of benzene rings is 1. The van der Waals surface area contributed by atoms with Crippen LogP contribution in [0.15, 0.2) is 22.7 Å². The second-order valence-electron chi connectivity index (χ2n) is 5.13. The van der Waals surface area contributed by atoms with Gasteiger partial charge in [0.05, 0.1) is 18.1 Å². The Morgan fingerprint density at radius 3 is 2.62 bits per heavy atom. The highest BCUT2D eigenvalue weighted by Crippen LogP contribution is 2.25. The Balaban J connectivity index is 2.59. The Bertz CT molecular complexity index is 608. The molecule has 0 aliphatic rings. The SMILES string of the molecule is CC(=O)OCCCCCN(Cc1ccc(Br)cc1[N+](=O)[O-])C(=O)O. The van der Waals surface area contributed by atoms with Crippen LogP contribution in [0.2, 0.25) is 0 Å². The molecule has 0 unspecified atom stereocenters. The second-order valence-corrected chi connectivity index (χ2v) is 6.05. The zero-order valence-corrected chi connectivity index (χ0v) is 14.8. The Labute approximate surface area is 147 Å². The van der Waals surface area contributed by atoms with Crippen molar-refractivity contribution in [3.63, 3.8) is 0 Å². The van der Waals surface area contributed by atoms with Crippen LogP contribution in [0, 0.1) is 10.1 Å². The average Bonchev–Trinajstić information content (AvgIpc) is 2.50. The molecular formula is C15H19BrN2O6. The van der Waals surface area contributed by atoms with Crippen molar-refractivity contribution < 1.29 is 24.4 Å². The lowest BCUT2D eigenvalue weighted by molar-refractivity contribution is -0.385. The number of nitro groups is 1. The summed E-state index contributed by atoms with van der Waals surface area (Å²) in [5.41, 5.74) is 0.219. The van der Waals surface area contributed by atoms with Gasteiger partial charge in [-0.25, -0.2) is 4.79 Å². The molecule has 0 radical (unpaired) electrons. The van der Waals surface area contributed by atoms with Crippen LogP contribution in [-0.4, -0.2) is 40.1 Å². The maximum atomic E-state index is 11.3. The number of nitrogens with zero attached hydrogens (tertiary/aromatic N) is 2. The third-order valence-electron chi connectivity index (χ3n) is 3.25. The predicted octanol–water partition coefficient (Wildman–Crippen LogP) is 3.57. The van der Waals surface area contributed by atoms with Crippen molar-refractivity contribution in [1.82, 2.24) is 4.90 Å². The summed E-state index contributed by atoms with van der Waals surface area (Å²) < 4.78 is 5.36. The monoisotopic (exact) mass is 402 g/mol. The summed E-state index contributed by atoms with van der Waals surface area (Å²) >= 11 is 3.17. The highest BCUT2D eigenvalue weighted by atomic mass is 79.9. The fourth-order valence-electron chi connectivity index (χ4n) is 2.09. The Hall–Kier alpha value is -2.16. The molecule has 0 saturated heterocycles. The first kappa shape index (κ1) is 19.9. The van der Waals surface area contributed by atoms with Gasteiger partial charge < -0.3 is 14.7 Å². The fourth-order valence-corrected chi connectivity index (χ4v) is 2.44. The normalized spacial score (nSPS) is 10.2. The van der Waals surface area contributed by atoms with E-state index in [-0.39, 0.29) is 24.7 Å². The number of hydrogen-bond acceptors (Lipinski definition) is 5. The van der Waals surface area contributed by atoms with Crippen LogP contribution < -0.4 is 0 Å². The first-order valence-corrected chi connectivity index (χ1v) is 8.14. The zero-order valence-electron chi connectivity index (χ0n) is 13.2. The molecule has 0 heterocycles. The molecule has 8 nitrogen and oxygen atoms in total. The minimum absolute atomic E-state index is 0.0527. The number of hydrogen-bond donors (Lipinski definition) is 1. The summed E-state index contributed by atoms with van der Waals surface area (Å²) in [4.78, 5) is 33.7. The van der Waals surface area contributed by atoms with Crippen molar-refractivity contribution in [3.05, 3.63) is 38.3 Å². The van der Waals surface area contributed by atoms with Crippen LogP contribution in [0.3, 0.4) is 0 Å². The lowest BCUT2D eigenvalue weighted by Gasteiger charge is -2.19. The molecule has 9 heteroatoms. The van der Waals surface area contributed by atoms with E-state index in [0.29, 0.717) is 35.9 Å². The molecule has 0 fully saturated rings. The molecule has 1 aromatic carbocycles. The average molecular weight is 403 g/mol. The van der Waals surface area contributed by atoms with E-state index in [9.17, 15) is 24.8 Å². The van der Waals surface area contributed by atoms with E-state index < -0.39 is 11.0 Å². The van der Waals surface area contributed by atoms with Crippen LogP contribution in [-0.2, 0) is 16.1 Å². The summed E-state index contributed by atoms with van der Waals surface area (Å²) in [5.74, 6) is -0.343. The van der Waals surface area contributed by atoms with Crippen molar-refractivity contribution in [2.24, 2.45) is 0 Å². The Morgan fingerprint density at radius 2 is 2.04 bits per heavy atom. The molecule has 0 spiro atoms. The molecule has 24 heavy (non-hydrogen) atoms. The zero-order chi connectivity index (χ0) is 18.1. The number of carboxylic acid groups (broad SMARTS) is 1. The van der Waals surface area contributed by atoms with Crippen LogP contribution in [0.4, 0.5) is 10.5 Å². The number of carbonyl (C=O) groups is 2. The molecule has 1 N–H and O–H groups in total. The molecule has 1 rings (SSSR count). The van der Waals surface area contributed by atoms with Crippen molar-refractivity contribution in [3.8, 4) is 0 Å². The van der Waals surface area contributed by atoms with Gasteiger partial charge in [-0.3, -0.25) is 14.9 Å². The van der Waals surface area contributed by atoms with Gasteiger partial charge in [-0.2, -0.15) is 0 Å². The van der Waals surface area contributed by atoms with Gasteiger partial charge in [0, 0.05) is 29.6 Å². The third kappa shape index (κ3) is 6.95. The smallest absolute Gasteiger partial charge is 0.407 e. The van der Waals surface area contributed by atoms with E-state index in [1.807, 2.05) is 0 Å². The third-order valence-corrected chi connectivity index (χ3v) is 3.75. The van der Waals surface area contributed by atoms with E-state index in [1.165, 1.54) is 13.0 Å². The van der Waals surface area contributed by atoms with Crippen LogP contribution in [0.25, 0.3) is 0 Å². The highest BCUT2D eigenvalue weighted by molar-refractivity contribution is 9.10. The molecule has 1 amide bonds. The topological polar surface area (TPSA) is 110 Å². The number of halogens is 1. The quantitative estimate of drug-likeness (QED) is 0.292. The van der Waals surface area contributed by atoms with Gasteiger partial charge in [0.2, 0.25) is 0 Å². The van der Waals surface area contributed by atoms with E-state index in [2.05, 4.69) is 15.9 Å². The molecule has 0 aliphatic carbocycles. The summed E-state index contributed by atoms with van der Waals surface area (Å²) in [5, 5.41) is 20.4. The molecule has 132 valence electrons. The molecule has 1 aromatic rings. The minimum Gasteiger partial charge on any atom is -0.466 e. The van der Waals surface area contributed by atoms with Crippen LogP contribution in [0.5, 0.6) is 0 Å². The van der Waals surface area contributed by atoms with Crippen LogP contribution in [0.1, 0.15) is 31.7 Å². The number of carbonyl (C=O) groups excluding carboxylic acids is 1. The second kappa shape index (κ2) is 9.86. The van der Waals surface area contributed by atoms with Crippen molar-refractivity contribution in [2.75, 3.05) is 13.2 Å². The lowest BCUT2D eigenvalue weighted by Crippen LogP contribution is -2.30. The van der Waals surface area contributed by atoms with E-state index in [4.69, 9.17) is 4.74 Å². The highest BCUT2D eigenvalue weighted by Gasteiger charge is 2.19. The number of ether oxygens (including phenoxy) is 1. The van der Waals surface area contributed by atoms with Gasteiger partial charge >= 0.3 is 12.1 Å². The van der Waals surface area contributed by atoms with E-state index in [0.717, 1.165) is 4.90 Å². The maximum Gasteiger partial charge on any atom is 0.407 e. The number of nitro benzene ring substituents is 1. The maximum absolute atomic E-state index is 11.3. The fraction of sp³-hybridized carbons (Fsp3) is 0.467. The van der Waals surface area contributed by atoms with Gasteiger partial charge in [0.15, 0.2) is 0 Å². The molecule has 0 saturated carbocycles. The van der Waals surface area contributed by atoms with Gasteiger partial charge in [-0.05, 0) is 31.4 Å². The van der Waals surface area contributed by atoms with E-state index in [1.54, 1.807) is 12.1 Å².